The summed E-state index contributed by atoms with van der Waals surface area (Å²) in [6.07, 6.45) is 5.57. The number of rotatable bonds is 31. The molecule has 0 bridgehead atoms. The zero-order valence-electron chi connectivity index (χ0n) is 39.1. The topological polar surface area (TPSA) is 307 Å². The van der Waals surface area contributed by atoms with E-state index in [1.165, 1.54) is 25.7 Å². The molecule has 3 aliphatic heterocycles. The fraction of sp³-hybridized carbons (Fsp3) is 0.771. The van der Waals surface area contributed by atoms with Crippen molar-refractivity contribution in [3.63, 3.8) is 0 Å². The fourth-order valence-electron chi connectivity index (χ4n) is 7.79. The molecule has 0 radical (unpaired) electrons. The number of aliphatic hydroxyl groups excluding tert-OH is 11. The van der Waals surface area contributed by atoms with E-state index in [2.05, 4.69) is 49.5 Å². The molecule has 0 aromatic heterocycles. The molecule has 17 unspecified atom stereocenters. The Labute approximate surface area is 395 Å². The van der Waals surface area contributed by atoms with Crippen molar-refractivity contribution in [3.05, 3.63) is 60.8 Å². The molecule has 3 heterocycles. The first kappa shape index (κ1) is 58.8. The highest BCUT2D eigenvalue weighted by Gasteiger charge is 2.53. The summed E-state index contributed by atoms with van der Waals surface area (Å²) in [6.45, 7) is 1.44. The Balaban J connectivity index is 1.61. The van der Waals surface area contributed by atoms with Crippen LogP contribution in [0, 0.1) is 0 Å². The summed E-state index contributed by atoms with van der Waals surface area (Å²) in [6, 6.07) is -1.01. The lowest BCUT2D eigenvalue weighted by atomic mass is 9.96. The number of hydrogen-bond acceptors (Lipinski definition) is 18. The van der Waals surface area contributed by atoms with Gasteiger partial charge in [-0.05, 0) is 44.9 Å². The van der Waals surface area contributed by atoms with Gasteiger partial charge < -0.3 is 89.9 Å². The van der Waals surface area contributed by atoms with E-state index in [-0.39, 0.29) is 18.9 Å². The molecule has 17 atom stereocenters. The second-order valence-electron chi connectivity index (χ2n) is 17.2. The lowest BCUT2D eigenvalue weighted by Gasteiger charge is -2.48. The van der Waals surface area contributed by atoms with Crippen molar-refractivity contribution >= 4 is 5.91 Å². The van der Waals surface area contributed by atoms with Gasteiger partial charge in [0.2, 0.25) is 5.91 Å². The summed E-state index contributed by atoms with van der Waals surface area (Å²) >= 11 is 0. The van der Waals surface area contributed by atoms with Crippen LogP contribution in [0.3, 0.4) is 0 Å². The van der Waals surface area contributed by atoms with Crippen LogP contribution < -0.4 is 5.32 Å². The Hall–Kier alpha value is -2.51. The number of carbonyl (C=O) groups excluding carboxylic acids is 1. The minimum absolute atomic E-state index is 0.119. The Morgan fingerprint density at radius 3 is 1.58 bits per heavy atom. The zero-order chi connectivity index (χ0) is 49.1. The van der Waals surface area contributed by atoms with Crippen molar-refractivity contribution in [3.8, 4) is 0 Å². The predicted molar refractivity (Wildman–Crippen MR) is 245 cm³/mol. The van der Waals surface area contributed by atoms with Crippen LogP contribution in [0.15, 0.2) is 60.8 Å². The normalized spacial score (nSPS) is 34.0. The van der Waals surface area contributed by atoms with Crippen LogP contribution in [0.1, 0.15) is 104 Å². The van der Waals surface area contributed by atoms with Gasteiger partial charge in [-0.25, -0.2) is 0 Å². The van der Waals surface area contributed by atoms with Crippen LogP contribution in [0.25, 0.3) is 0 Å². The maximum absolute atomic E-state index is 13.1. The monoisotopic (exact) mass is 960 g/mol. The highest BCUT2D eigenvalue weighted by molar-refractivity contribution is 5.76. The Morgan fingerprint density at radius 2 is 1.03 bits per heavy atom. The highest BCUT2D eigenvalue weighted by atomic mass is 16.8. The molecule has 0 aromatic rings. The molecule has 3 aliphatic rings. The Bertz CT molecular complexity index is 1480. The third-order valence-electron chi connectivity index (χ3n) is 11.8. The summed E-state index contributed by atoms with van der Waals surface area (Å²) in [4.78, 5) is 13.1. The van der Waals surface area contributed by atoms with Crippen LogP contribution in [0.2, 0.25) is 0 Å². The van der Waals surface area contributed by atoms with Gasteiger partial charge in [0.25, 0.3) is 0 Å². The van der Waals surface area contributed by atoms with E-state index in [1.54, 1.807) is 6.08 Å². The van der Waals surface area contributed by atoms with Gasteiger partial charge in [0, 0.05) is 6.42 Å². The van der Waals surface area contributed by atoms with E-state index in [0.29, 0.717) is 12.8 Å². The minimum Gasteiger partial charge on any atom is -0.394 e. The van der Waals surface area contributed by atoms with Crippen molar-refractivity contribution in [1.29, 1.82) is 0 Å². The molecular formula is C48H81NO18. The highest BCUT2D eigenvalue weighted by Crippen LogP contribution is 2.33. The fourth-order valence-corrected chi connectivity index (χ4v) is 7.79. The molecule has 67 heavy (non-hydrogen) atoms. The molecule has 19 nitrogen and oxygen atoms in total. The van der Waals surface area contributed by atoms with Gasteiger partial charge in [-0.2, -0.15) is 0 Å². The van der Waals surface area contributed by atoms with Gasteiger partial charge in [0.05, 0.1) is 38.6 Å². The standard InChI is InChI=1S/C48H81NO18/c1-3-5-7-9-11-13-14-15-16-18-20-22-24-26-36(54)49-31(32(53)25-23-21-19-17-12-10-8-6-4-2)30-62-46-42(60)39(57)44(34(28-51)64-46)67-48-43(61)40(58)45(35(29-52)65-48)66-47-41(59)38(56)37(55)33(27-50)63-47/h5,7,11,13,15-16,20,22-23,25,31-35,37-48,50-53,55-61H,3-4,6,8-10,12,14,17-19,21,24,26-30H2,1-2H3,(H,49,54)/b7-5-,13-11-,16-15-,22-20-,25-23+. The Kier molecular flexibility index (Phi) is 29.1. The van der Waals surface area contributed by atoms with Crippen molar-refractivity contribution < 1.29 is 89.4 Å². The quantitative estimate of drug-likeness (QED) is 0.0334. The number of ether oxygens (including phenoxy) is 6. The van der Waals surface area contributed by atoms with E-state index in [9.17, 15) is 61.0 Å². The van der Waals surface area contributed by atoms with Crippen molar-refractivity contribution in [2.45, 2.75) is 208 Å². The predicted octanol–water partition coefficient (Wildman–Crippen LogP) is 0.579. The molecule has 1 amide bonds. The maximum Gasteiger partial charge on any atom is 0.220 e. The Morgan fingerprint density at radius 1 is 0.552 bits per heavy atom. The van der Waals surface area contributed by atoms with E-state index in [4.69, 9.17) is 28.4 Å². The van der Waals surface area contributed by atoms with Crippen LogP contribution in [-0.4, -0.2) is 193 Å². The number of amides is 1. The van der Waals surface area contributed by atoms with Crippen molar-refractivity contribution in [1.82, 2.24) is 5.32 Å². The average Bonchev–Trinajstić information content (AvgIpc) is 3.32. The summed E-state index contributed by atoms with van der Waals surface area (Å²) in [5, 5.41) is 119. The molecule has 3 rings (SSSR count). The first-order valence-corrected chi connectivity index (χ1v) is 24.0. The van der Waals surface area contributed by atoms with Crippen LogP contribution in [0.4, 0.5) is 0 Å². The lowest BCUT2D eigenvalue weighted by molar-refractivity contribution is -0.379. The molecule has 0 spiro atoms. The van der Waals surface area contributed by atoms with Gasteiger partial charge in [-0.3, -0.25) is 4.79 Å². The lowest BCUT2D eigenvalue weighted by Crippen LogP contribution is -2.66. The zero-order valence-corrected chi connectivity index (χ0v) is 39.1. The number of nitrogens with one attached hydrogen (secondary N) is 1. The molecule has 3 fully saturated rings. The number of hydrogen-bond donors (Lipinski definition) is 12. The van der Waals surface area contributed by atoms with Crippen molar-refractivity contribution in [2.75, 3.05) is 26.4 Å². The second-order valence-corrected chi connectivity index (χ2v) is 17.2. The first-order chi connectivity index (χ1) is 32.3. The van der Waals surface area contributed by atoms with Crippen LogP contribution in [-0.2, 0) is 33.2 Å². The molecule has 0 saturated carbocycles. The second kappa shape index (κ2) is 33.1. The van der Waals surface area contributed by atoms with Crippen molar-refractivity contribution in [2.24, 2.45) is 0 Å². The molecule has 0 aliphatic carbocycles. The van der Waals surface area contributed by atoms with Gasteiger partial charge in [-0.15, -0.1) is 0 Å². The molecular weight excluding hydrogens is 879 g/mol. The summed E-state index contributed by atoms with van der Waals surface area (Å²) < 4.78 is 33.9. The smallest absolute Gasteiger partial charge is 0.220 e. The van der Waals surface area contributed by atoms with E-state index < -0.39 is 124 Å². The summed E-state index contributed by atoms with van der Waals surface area (Å²) in [5.74, 6) is -0.363. The van der Waals surface area contributed by atoms with E-state index >= 15 is 0 Å². The van der Waals surface area contributed by atoms with E-state index in [1.807, 2.05) is 24.3 Å². The van der Waals surface area contributed by atoms with Crippen LogP contribution in [0.5, 0.6) is 0 Å². The van der Waals surface area contributed by atoms with Gasteiger partial charge in [-0.1, -0.05) is 113 Å². The largest absolute Gasteiger partial charge is 0.394 e. The molecule has 12 N–H and O–H groups in total. The molecule has 386 valence electrons. The third kappa shape index (κ3) is 19.7. The molecule has 3 saturated heterocycles. The van der Waals surface area contributed by atoms with E-state index in [0.717, 1.165) is 44.9 Å². The average molecular weight is 960 g/mol. The van der Waals surface area contributed by atoms with Gasteiger partial charge >= 0.3 is 0 Å². The maximum atomic E-state index is 13.1. The minimum atomic E-state index is -1.98. The molecule has 19 heteroatoms. The summed E-state index contributed by atoms with van der Waals surface area (Å²) in [5.41, 5.74) is 0. The van der Waals surface area contributed by atoms with Gasteiger partial charge in [0.1, 0.15) is 73.2 Å². The summed E-state index contributed by atoms with van der Waals surface area (Å²) in [7, 11) is 0. The van der Waals surface area contributed by atoms with Gasteiger partial charge in [0.15, 0.2) is 18.9 Å². The third-order valence-corrected chi connectivity index (χ3v) is 11.8. The number of allylic oxidation sites excluding steroid dienone is 9. The number of unbranched alkanes of at least 4 members (excludes halogenated alkanes) is 7. The first-order valence-electron chi connectivity index (χ1n) is 24.0. The number of carbonyl (C=O) groups is 1. The molecule has 0 aromatic carbocycles. The number of aliphatic hydroxyl groups is 11. The SMILES string of the molecule is CC/C=C\C/C=C\C/C=C\C/C=C\CCC(=O)NC(COC1OC(CO)C(OC2OC(CO)C(OC3OC(CO)C(O)C(O)C3O)C(O)C2O)C(O)C1O)C(O)/C=C/CCCCCCCCC. The van der Waals surface area contributed by atoms with Crippen LogP contribution >= 0.6 is 0 Å².